The molecule has 0 amide bonds. The Kier molecular flexibility index (Phi) is 6.42. The number of nitrogens with two attached hydrogens (primary N) is 1. The van der Waals surface area contributed by atoms with Gasteiger partial charge in [0, 0.05) is 31.8 Å². The van der Waals surface area contributed by atoms with Crippen LogP contribution in [-0.4, -0.2) is 44.5 Å². The van der Waals surface area contributed by atoms with E-state index >= 15 is 0 Å². The summed E-state index contributed by atoms with van der Waals surface area (Å²) >= 11 is 3.44. The Hall–Kier alpha value is -0.460. The molecule has 0 saturated heterocycles. The van der Waals surface area contributed by atoms with Gasteiger partial charge in [-0.3, -0.25) is 4.90 Å². The van der Waals surface area contributed by atoms with Gasteiger partial charge in [-0.2, -0.15) is 0 Å². The van der Waals surface area contributed by atoms with Crippen molar-refractivity contribution in [1.82, 2.24) is 4.90 Å². The zero-order chi connectivity index (χ0) is 14.5. The fourth-order valence-corrected chi connectivity index (χ4v) is 2.34. The summed E-state index contributed by atoms with van der Waals surface area (Å²) in [5, 5.41) is 0. The minimum absolute atomic E-state index is 0.363. The van der Waals surface area contributed by atoms with Crippen molar-refractivity contribution in [3.8, 4) is 0 Å². The molecular formula is C14H23BrN2O2. The average Bonchev–Trinajstić information content (AvgIpc) is 2.42. The highest BCUT2D eigenvalue weighted by Gasteiger charge is 2.37. The lowest BCUT2D eigenvalue weighted by Crippen LogP contribution is -2.58. The van der Waals surface area contributed by atoms with E-state index in [0.29, 0.717) is 6.54 Å². The van der Waals surface area contributed by atoms with E-state index in [1.807, 2.05) is 26.1 Å². The van der Waals surface area contributed by atoms with Crippen LogP contribution in [-0.2, 0) is 16.0 Å². The van der Waals surface area contributed by atoms with Gasteiger partial charge in [-0.15, -0.1) is 0 Å². The van der Waals surface area contributed by atoms with Crippen LogP contribution in [0.3, 0.4) is 0 Å². The lowest BCUT2D eigenvalue weighted by molar-refractivity contribution is -0.178. The largest absolute Gasteiger partial charge is 0.354 e. The summed E-state index contributed by atoms with van der Waals surface area (Å²) in [6, 6.07) is 8.25. The molecule has 0 aliphatic rings. The van der Waals surface area contributed by atoms with Gasteiger partial charge in [0.25, 0.3) is 0 Å². The summed E-state index contributed by atoms with van der Waals surface area (Å²) in [6.45, 7) is 3.28. The van der Waals surface area contributed by atoms with E-state index in [-0.39, 0.29) is 11.8 Å². The van der Waals surface area contributed by atoms with Crippen LogP contribution < -0.4 is 5.73 Å². The maximum atomic E-state index is 5.93. The van der Waals surface area contributed by atoms with Crippen LogP contribution in [0.1, 0.15) is 12.5 Å². The van der Waals surface area contributed by atoms with Gasteiger partial charge < -0.3 is 15.2 Å². The van der Waals surface area contributed by atoms with Crippen LogP contribution >= 0.6 is 15.9 Å². The van der Waals surface area contributed by atoms with Crippen molar-refractivity contribution in [3.05, 3.63) is 34.3 Å². The van der Waals surface area contributed by atoms with Crippen molar-refractivity contribution in [2.24, 2.45) is 5.73 Å². The summed E-state index contributed by atoms with van der Waals surface area (Å²) in [4.78, 5) is 2.16. The molecule has 0 radical (unpaired) electrons. The number of nitrogens with zero attached hydrogens (tertiary/aromatic N) is 1. The van der Waals surface area contributed by atoms with E-state index in [9.17, 15) is 0 Å². The monoisotopic (exact) mass is 330 g/mol. The van der Waals surface area contributed by atoms with E-state index in [1.165, 1.54) is 5.56 Å². The third-order valence-electron chi connectivity index (χ3n) is 3.55. The van der Waals surface area contributed by atoms with Gasteiger partial charge in [0.05, 0.1) is 5.54 Å². The molecule has 19 heavy (non-hydrogen) atoms. The molecule has 0 heterocycles. The summed E-state index contributed by atoms with van der Waals surface area (Å²) in [6.07, 6.45) is -0.363. The highest BCUT2D eigenvalue weighted by molar-refractivity contribution is 9.10. The van der Waals surface area contributed by atoms with Crippen LogP contribution in [0.4, 0.5) is 0 Å². The third-order valence-corrected chi connectivity index (χ3v) is 4.08. The zero-order valence-corrected chi connectivity index (χ0v) is 13.6. The van der Waals surface area contributed by atoms with Crippen molar-refractivity contribution in [1.29, 1.82) is 0 Å². The van der Waals surface area contributed by atoms with Crippen LogP contribution in [0.2, 0.25) is 0 Å². The smallest absolute Gasteiger partial charge is 0.176 e. The van der Waals surface area contributed by atoms with E-state index < -0.39 is 0 Å². The maximum absolute atomic E-state index is 5.93. The molecule has 0 fully saturated rings. The first kappa shape index (κ1) is 16.6. The van der Waals surface area contributed by atoms with E-state index in [1.54, 1.807) is 14.2 Å². The molecule has 1 aromatic carbocycles. The van der Waals surface area contributed by atoms with E-state index in [4.69, 9.17) is 15.2 Å². The molecule has 0 aliphatic carbocycles. The number of likely N-dealkylation sites (N-methyl/N-ethyl adjacent to an activating group) is 1. The van der Waals surface area contributed by atoms with Gasteiger partial charge in [-0.25, -0.2) is 0 Å². The molecule has 0 saturated carbocycles. The second-order valence-corrected chi connectivity index (χ2v) is 5.76. The molecule has 2 N–H and O–H groups in total. The second-order valence-electron chi connectivity index (χ2n) is 4.85. The Bertz CT molecular complexity index is 382. The minimum atomic E-state index is -0.378. The molecule has 1 unspecified atom stereocenters. The van der Waals surface area contributed by atoms with Crippen molar-refractivity contribution >= 4 is 15.9 Å². The summed E-state index contributed by atoms with van der Waals surface area (Å²) in [5.41, 5.74) is 6.77. The molecule has 1 atom stereocenters. The van der Waals surface area contributed by atoms with Crippen molar-refractivity contribution in [3.63, 3.8) is 0 Å². The molecular weight excluding hydrogens is 308 g/mol. The molecule has 0 bridgehead atoms. The molecule has 4 nitrogen and oxygen atoms in total. The fourth-order valence-electron chi connectivity index (χ4n) is 2.08. The average molecular weight is 331 g/mol. The summed E-state index contributed by atoms with van der Waals surface area (Å²) in [7, 11) is 5.30. The predicted molar refractivity (Wildman–Crippen MR) is 80.9 cm³/mol. The fraction of sp³-hybridized carbons (Fsp3) is 0.571. The first-order valence-electron chi connectivity index (χ1n) is 6.19. The number of ether oxygens (including phenoxy) is 2. The molecule has 1 aromatic rings. The maximum Gasteiger partial charge on any atom is 0.176 e. The Labute approximate surface area is 124 Å². The Morgan fingerprint density at radius 2 is 1.79 bits per heavy atom. The SMILES string of the molecule is COC(OC)C(C)(CN)N(C)Cc1ccc(Br)cc1. The van der Waals surface area contributed by atoms with Gasteiger partial charge in [-0.1, -0.05) is 28.1 Å². The normalized spacial score (nSPS) is 14.9. The van der Waals surface area contributed by atoms with Gasteiger partial charge in [-0.05, 0) is 31.7 Å². The number of methoxy groups -OCH3 is 2. The summed E-state index contributed by atoms with van der Waals surface area (Å²) in [5.74, 6) is 0. The highest BCUT2D eigenvalue weighted by atomic mass is 79.9. The molecule has 5 heteroatoms. The van der Waals surface area contributed by atoms with Crippen molar-refractivity contribution in [2.75, 3.05) is 27.8 Å². The lowest BCUT2D eigenvalue weighted by Gasteiger charge is -2.42. The molecule has 0 spiro atoms. The van der Waals surface area contributed by atoms with Crippen LogP contribution in [0.5, 0.6) is 0 Å². The van der Waals surface area contributed by atoms with Crippen LogP contribution in [0.25, 0.3) is 0 Å². The minimum Gasteiger partial charge on any atom is -0.354 e. The number of rotatable bonds is 7. The van der Waals surface area contributed by atoms with Gasteiger partial charge in [0.2, 0.25) is 0 Å². The molecule has 0 aliphatic heterocycles. The third kappa shape index (κ3) is 4.00. The van der Waals surface area contributed by atoms with Gasteiger partial charge in [0.15, 0.2) is 6.29 Å². The van der Waals surface area contributed by atoms with Crippen LogP contribution in [0, 0.1) is 0 Å². The van der Waals surface area contributed by atoms with Gasteiger partial charge in [0.1, 0.15) is 0 Å². The zero-order valence-electron chi connectivity index (χ0n) is 12.0. The van der Waals surface area contributed by atoms with Crippen molar-refractivity contribution in [2.45, 2.75) is 25.3 Å². The number of hydrogen-bond acceptors (Lipinski definition) is 4. The Balaban J connectivity index is 2.83. The Morgan fingerprint density at radius 3 is 2.21 bits per heavy atom. The quantitative estimate of drug-likeness (QED) is 0.779. The van der Waals surface area contributed by atoms with Crippen LogP contribution in [0.15, 0.2) is 28.7 Å². The first-order valence-corrected chi connectivity index (χ1v) is 6.98. The molecule has 0 aromatic heterocycles. The standard InChI is InChI=1S/C14H23BrN2O2/c1-14(10-16,13(18-3)19-4)17(2)9-11-5-7-12(15)8-6-11/h5-8,13H,9-10,16H2,1-4H3. The first-order chi connectivity index (χ1) is 8.97. The van der Waals surface area contributed by atoms with E-state index in [0.717, 1.165) is 11.0 Å². The lowest BCUT2D eigenvalue weighted by atomic mass is 9.98. The number of halogens is 1. The Morgan fingerprint density at radius 1 is 1.26 bits per heavy atom. The number of hydrogen-bond donors (Lipinski definition) is 1. The predicted octanol–water partition coefficient (Wildman–Crippen LogP) is 2.22. The number of benzene rings is 1. The molecule has 1 rings (SSSR count). The topological polar surface area (TPSA) is 47.7 Å². The van der Waals surface area contributed by atoms with E-state index in [2.05, 4.69) is 33.0 Å². The summed E-state index contributed by atoms with van der Waals surface area (Å²) < 4.78 is 11.8. The molecule has 108 valence electrons. The second kappa shape index (κ2) is 7.36. The highest BCUT2D eigenvalue weighted by Crippen LogP contribution is 2.22. The van der Waals surface area contributed by atoms with Crippen molar-refractivity contribution < 1.29 is 9.47 Å². The van der Waals surface area contributed by atoms with Gasteiger partial charge >= 0.3 is 0 Å².